The first-order valence-electron chi connectivity index (χ1n) is 7.05. The van der Waals surface area contributed by atoms with Crippen molar-refractivity contribution >= 4 is 11.6 Å². The molecular weight excluding hydrogens is 254 g/mol. The van der Waals surface area contributed by atoms with Gasteiger partial charge in [0.2, 0.25) is 5.91 Å². The van der Waals surface area contributed by atoms with Crippen LogP contribution < -0.4 is 11.1 Å². The molecule has 1 heterocycles. The van der Waals surface area contributed by atoms with Gasteiger partial charge in [-0.15, -0.1) is 0 Å². The number of nitrogens with two attached hydrogens (primary N) is 1. The number of carbonyl (C=O) groups is 1. The van der Waals surface area contributed by atoms with E-state index in [9.17, 15) is 4.79 Å². The Labute approximate surface area is 120 Å². The van der Waals surface area contributed by atoms with Crippen molar-refractivity contribution in [3.05, 3.63) is 29.3 Å². The maximum Gasteiger partial charge on any atom is 0.234 e. The van der Waals surface area contributed by atoms with Crippen LogP contribution in [0.15, 0.2) is 18.2 Å². The summed E-state index contributed by atoms with van der Waals surface area (Å²) < 4.78 is 4.95. The summed E-state index contributed by atoms with van der Waals surface area (Å²) in [5.41, 5.74) is 9.32. The normalized spacial score (nSPS) is 14.8. The van der Waals surface area contributed by atoms with Gasteiger partial charge < -0.3 is 15.8 Å². The number of fused-ring (bicyclic) bond motifs is 1. The average Bonchev–Trinajstić information content (AvgIpc) is 2.44. The minimum absolute atomic E-state index is 0.0773. The topological polar surface area (TPSA) is 67.6 Å². The number of carbonyl (C=O) groups excluding carboxylic acids is 1. The third-order valence-electron chi connectivity index (χ3n) is 3.60. The second kappa shape index (κ2) is 7.26. The SMILES string of the molecule is COCCCNC(=O)CN1CCc2c(N)cccc2C1. The first-order chi connectivity index (χ1) is 9.70. The lowest BCUT2D eigenvalue weighted by Crippen LogP contribution is -2.40. The Kier molecular flexibility index (Phi) is 5.38. The van der Waals surface area contributed by atoms with Crippen LogP contribution in [0.4, 0.5) is 5.69 Å². The van der Waals surface area contributed by atoms with Crippen LogP contribution in [0, 0.1) is 0 Å². The molecule has 1 aliphatic heterocycles. The highest BCUT2D eigenvalue weighted by atomic mass is 16.5. The summed E-state index contributed by atoms with van der Waals surface area (Å²) in [6, 6.07) is 6.01. The summed E-state index contributed by atoms with van der Waals surface area (Å²) in [5, 5.41) is 2.91. The number of anilines is 1. The van der Waals surface area contributed by atoms with E-state index < -0.39 is 0 Å². The van der Waals surface area contributed by atoms with Gasteiger partial charge in [-0.3, -0.25) is 9.69 Å². The number of hydrogen-bond acceptors (Lipinski definition) is 4. The van der Waals surface area contributed by atoms with E-state index in [0.29, 0.717) is 19.7 Å². The molecule has 3 N–H and O–H groups in total. The Morgan fingerprint density at radius 2 is 2.35 bits per heavy atom. The van der Waals surface area contributed by atoms with Crippen molar-refractivity contribution in [3.63, 3.8) is 0 Å². The molecule has 110 valence electrons. The minimum Gasteiger partial charge on any atom is -0.398 e. The van der Waals surface area contributed by atoms with Crippen LogP contribution in [0.25, 0.3) is 0 Å². The molecule has 0 aliphatic carbocycles. The van der Waals surface area contributed by atoms with Gasteiger partial charge in [0, 0.05) is 39.0 Å². The number of nitrogens with zero attached hydrogens (tertiary/aromatic N) is 1. The number of ether oxygens (including phenoxy) is 1. The van der Waals surface area contributed by atoms with Gasteiger partial charge >= 0.3 is 0 Å². The van der Waals surface area contributed by atoms with Gasteiger partial charge in [0.15, 0.2) is 0 Å². The zero-order valence-corrected chi connectivity index (χ0v) is 12.0. The molecular formula is C15H23N3O2. The number of benzene rings is 1. The molecule has 20 heavy (non-hydrogen) atoms. The van der Waals surface area contributed by atoms with Crippen LogP contribution in [0.5, 0.6) is 0 Å². The average molecular weight is 277 g/mol. The van der Waals surface area contributed by atoms with Gasteiger partial charge in [0.1, 0.15) is 0 Å². The summed E-state index contributed by atoms with van der Waals surface area (Å²) >= 11 is 0. The Morgan fingerprint density at radius 3 is 3.15 bits per heavy atom. The highest BCUT2D eigenvalue weighted by Crippen LogP contribution is 2.23. The Morgan fingerprint density at radius 1 is 1.50 bits per heavy atom. The van der Waals surface area contributed by atoms with Crippen molar-refractivity contribution in [2.45, 2.75) is 19.4 Å². The Balaban J connectivity index is 1.80. The van der Waals surface area contributed by atoms with Gasteiger partial charge in [-0.2, -0.15) is 0 Å². The van der Waals surface area contributed by atoms with E-state index in [2.05, 4.69) is 16.3 Å². The largest absolute Gasteiger partial charge is 0.398 e. The van der Waals surface area contributed by atoms with Crippen LogP contribution >= 0.6 is 0 Å². The third kappa shape index (κ3) is 3.95. The number of rotatable bonds is 6. The zero-order chi connectivity index (χ0) is 14.4. The summed E-state index contributed by atoms with van der Waals surface area (Å²) in [4.78, 5) is 14.0. The van der Waals surface area contributed by atoms with Gasteiger partial charge in [-0.05, 0) is 30.0 Å². The lowest BCUT2D eigenvalue weighted by molar-refractivity contribution is -0.122. The van der Waals surface area contributed by atoms with E-state index in [1.54, 1.807) is 7.11 Å². The van der Waals surface area contributed by atoms with E-state index in [-0.39, 0.29) is 5.91 Å². The smallest absolute Gasteiger partial charge is 0.234 e. The fraction of sp³-hybridized carbons (Fsp3) is 0.533. The van der Waals surface area contributed by atoms with Crippen molar-refractivity contribution in [2.75, 3.05) is 39.1 Å². The maximum absolute atomic E-state index is 11.8. The van der Waals surface area contributed by atoms with Gasteiger partial charge in [-0.25, -0.2) is 0 Å². The molecule has 0 aromatic heterocycles. The molecule has 5 heteroatoms. The van der Waals surface area contributed by atoms with Crippen LogP contribution in [0.2, 0.25) is 0 Å². The number of methoxy groups -OCH3 is 1. The van der Waals surface area contributed by atoms with Crippen LogP contribution in [-0.2, 0) is 22.5 Å². The molecule has 1 aromatic carbocycles. The summed E-state index contributed by atoms with van der Waals surface area (Å²) in [7, 11) is 1.67. The predicted molar refractivity (Wildman–Crippen MR) is 79.3 cm³/mol. The first kappa shape index (κ1) is 14.8. The lowest BCUT2D eigenvalue weighted by Gasteiger charge is -2.28. The van der Waals surface area contributed by atoms with E-state index in [1.807, 2.05) is 12.1 Å². The van der Waals surface area contributed by atoms with E-state index in [4.69, 9.17) is 10.5 Å². The van der Waals surface area contributed by atoms with E-state index in [1.165, 1.54) is 11.1 Å². The number of hydrogen-bond donors (Lipinski definition) is 2. The zero-order valence-electron chi connectivity index (χ0n) is 12.0. The Hall–Kier alpha value is -1.59. The second-order valence-electron chi connectivity index (χ2n) is 5.14. The lowest BCUT2D eigenvalue weighted by atomic mass is 9.98. The van der Waals surface area contributed by atoms with Crippen LogP contribution in [0.1, 0.15) is 17.5 Å². The predicted octanol–water partition coefficient (Wildman–Crippen LogP) is 0.780. The monoisotopic (exact) mass is 277 g/mol. The van der Waals surface area contributed by atoms with Crippen molar-refractivity contribution in [2.24, 2.45) is 0 Å². The molecule has 1 aromatic rings. The van der Waals surface area contributed by atoms with E-state index in [0.717, 1.165) is 31.6 Å². The quantitative estimate of drug-likeness (QED) is 0.595. The highest BCUT2D eigenvalue weighted by Gasteiger charge is 2.19. The molecule has 0 bridgehead atoms. The summed E-state index contributed by atoms with van der Waals surface area (Å²) in [5.74, 6) is 0.0773. The maximum atomic E-state index is 11.8. The van der Waals surface area contributed by atoms with Gasteiger partial charge in [0.25, 0.3) is 0 Å². The minimum atomic E-state index is 0.0773. The summed E-state index contributed by atoms with van der Waals surface area (Å²) in [6.45, 7) is 3.47. The molecule has 0 saturated heterocycles. The van der Waals surface area contributed by atoms with Gasteiger partial charge in [0.05, 0.1) is 6.54 Å². The third-order valence-corrected chi connectivity index (χ3v) is 3.60. The molecule has 0 fully saturated rings. The number of amides is 1. The van der Waals surface area contributed by atoms with Gasteiger partial charge in [-0.1, -0.05) is 12.1 Å². The van der Waals surface area contributed by atoms with Crippen molar-refractivity contribution in [1.82, 2.24) is 10.2 Å². The molecule has 2 rings (SSSR count). The highest BCUT2D eigenvalue weighted by molar-refractivity contribution is 5.78. The van der Waals surface area contributed by atoms with Crippen LogP contribution in [-0.4, -0.2) is 44.2 Å². The first-order valence-corrected chi connectivity index (χ1v) is 7.05. The van der Waals surface area contributed by atoms with Crippen LogP contribution in [0.3, 0.4) is 0 Å². The molecule has 1 amide bonds. The molecule has 0 unspecified atom stereocenters. The van der Waals surface area contributed by atoms with Crippen molar-refractivity contribution < 1.29 is 9.53 Å². The number of nitrogen functional groups attached to an aromatic ring is 1. The van der Waals surface area contributed by atoms with Crippen molar-refractivity contribution in [1.29, 1.82) is 0 Å². The molecule has 0 spiro atoms. The second-order valence-corrected chi connectivity index (χ2v) is 5.14. The molecule has 5 nitrogen and oxygen atoms in total. The number of nitrogens with one attached hydrogen (secondary N) is 1. The standard InChI is InChI=1S/C15H23N3O2/c1-20-9-3-7-17-15(19)11-18-8-6-13-12(10-18)4-2-5-14(13)16/h2,4-5H,3,6-11,16H2,1H3,(H,17,19). The summed E-state index contributed by atoms with van der Waals surface area (Å²) in [6.07, 6.45) is 1.76. The van der Waals surface area contributed by atoms with Crippen molar-refractivity contribution in [3.8, 4) is 0 Å². The van der Waals surface area contributed by atoms with E-state index >= 15 is 0 Å². The molecule has 0 radical (unpaired) electrons. The molecule has 0 atom stereocenters. The molecule has 0 saturated carbocycles. The fourth-order valence-corrected chi connectivity index (χ4v) is 2.54. The molecule has 1 aliphatic rings. The Bertz CT molecular complexity index is 462. The fourth-order valence-electron chi connectivity index (χ4n) is 2.54.